The summed E-state index contributed by atoms with van der Waals surface area (Å²) in [4.78, 5) is 4.28. The minimum absolute atomic E-state index is 0.856. The van der Waals surface area contributed by atoms with Gasteiger partial charge in [-0.05, 0) is 25.6 Å². The summed E-state index contributed by atoms with van der Waals surface area (Å²) < 4.78 is 1.87. The maximum Gasteiger partial charge on any atom is 0.153 e. The van der Waals surface area contributed by atoms with Crippen molar-refractivity contribution in [1.29, 1.82) is 0 Å². The first-order chi connectivity index (χ1) is 7.83. The van der Waals surface area contributed by atoms with E-state index in [1.807, 2.05) is 29.1 Å². The molecule has 84 valence electrons. The summed E-state index contributed by atoms with van der Waals surface area (Å²) in [5.41, 5.74) is 2.35. The highest BCUT2D eigenvalue weighted by molar-refractivity contribution is 5.27. The van der Waals surface area contributed by atoms with Crippen LogP contribution in [0.1, 0.15) is 18.2 Å². The highest BCUT2D eigenvalue weighted by Crippen LogP contribution is 2.11. The number of rotatable bonds is 4. The second kappa shape index (κ2) is 4.90. The van der Waals surface area contributed by atoms with Gasteiger partial charge in [0.25, 0.3) is 0 Å². The van der Waals surface area contributed by atoms with Gasteiger partial charge in [-0.2, -0.15) is 5.10 Å². The maximum absolute atomic E-state index is 4.35. The molecule has 4 nitrogen and oxygen atoms in total. The van der Waals surface area contributed by atoms with Crippen LogP contribution in [0.2, 0.25) is 0 Å². The molecule has 0 spiro atoms. The zero-order valence-corrected chi connectivity index (χ0v) is 9.64. The third kappa shape index (κ3) is 2.12. The molecule has 16 heavy (non-hydrogen) atoms. The predicted molar refractivity (Wildman–Crippen MR) is 63.5 cm³/mol. The number of hydrogen-bond acceptors (Lipinski definition) is 3. The van der Waals surface area contributed by atoms with Gasteiger partial charge in [0, 0.05) is 24.0 Å². The lowest BCUT2D eigenvalue weighted by Crippen LogP contribution is -2.12. The molecule has 0 saturated heterocycles. The van der Waals surface area contributed by atoms with Gasteiger partial charge in [-0.1, -0.05) is 13.0 Å². The zero-order chi connectivity index (χ0) is 11.4. The Bertz CT molecular complexity index is 447. The van der Waals surface area contributed by atoms with Crippen LogP contribution in [0, 0.1) is 6.92 Å². The fourth-order valence-electron chi connectivity index (χ4n) is 1.59. The van der Waals surface area contributed by atoms with Crippen LogP contribution in [-0.4, -0.2) is 21.3 Å². The van der Waals surface area contributed by atoms with Gasteiger partial charge in [-0.15, -0.1) is 0 Å². The summed E-state index contributed by atoms with van der Waals surface area (Å²) in [6.45, 7) is 5.98. The Balaban J connectivity index is 2.27. The standard InChI is InChI=1S/C12H16N4/c1-3-13-8-11-9-15-16(10(11)2)12-6-4-5-7-14-12/h4-7,9,13H,3,8H2,1-2H3. The fourth-order valence-corrected chi connectivity index (χ4v) is 1.59. The van der Waals surface area contributed by atoms with Crippen molar-refractivity contribution in [2.75, 3.05) is 6.54 Å². The molecule has 0 atom stereocenters. The van der Waals surface area contributed by atoms with Crippen molar-refractivity contribution in [1.82, 2.24) is 20.1 Å². The van der Waals surface area contributed by atoms with E-state index in [4.69, 9.17) is 0 Å². The Labute approximate surface area is 95.3 Å². The molecular weight excluding hydrogens is 200 g/mol. The minimum Gasteiger partial charge on any atom is -0.313 e. The van der Waals surface area contributed by atoms with E-state index in [2.05, 4.69) is 29.2 Å². The van der Waals surface area contributed by atoms with Gasteiger partial charge < -0.3 is 5.32 Å². The average molecular weight is 216 g/mol. The van der Waals surface area contributed by atoms with Gasteiger partial charge in [0.1, 0.15) is 0 Å². The van der Waals surface area contributed by atoms with Gasteiger partial charge in [-0.3, -0.25) is 0 Å². The summed E-state index contributed by atoms with van der Waals surface area (Å²) in [7, 11) is 0. The number of nitrogens with zero attached hydrogens (tertiary/aromatic N) is 3. The molecule has 0 unspecified atom stereocenters. The third-order valence-electron chi connectivity index (χ3n) is 2.54. The first-order valence-corrected chi connectivity index (χ1v) is 5.48. The Kier molecular flexibility index (Phi) is 3.31. The quantitative estimate of drug-likeness (QED) is 0.845. The largest absolute Gasteiger partial charge is 0.313 e. The van der Waals surface area contributed by atoms with Crippen LogP contribution < -0.4 is 5.32 Å². The van der Waals surface area contributed by atoms with E-state index in [1.165, 1.54) is 5.56 Å². The Morgan fingerprint density at radius 3 is 2.94 bits per heavy atom. The molecule has 0 aromatic carbocycles. The van der Waals surface area contributed by atoms with Gasteiger partial charge in [-0.25, -0.2) is 9.67 Å². The van der Waals surface area contributed by atoms with Crippen LogP contribution in [0.15, 0.2) is 30.6 Å². The summed E-state index contributed by atoms with van der Waals surface area (Å²) in [6, 6.07) is 5.83. The predicted octanol–water partition coefficient (Wildman–Crippen LogP) is 1.69. The molecule has 2 rings (SSSR count). The number of nitrogens with one attached hydrogen (secondary N) is 1. The van der Waals surface area contributed by atoms with Gasteiger partial charge in [0.2, 0.25) is 0 Å². The van der Waals surface area contributed by atoms with Crippen LogP contribution >= 0.6 is 0 Å². The van der Waals surface area contributed by atoms with E-state index < -0.39 is 0 Å². The molecule has 0 bridgehead atoms. The van der Waals surface area contributed by atoms with E-state index in [0.29, 0.717) is 0 Å². The number of aromatic nitrogens is 3. The van der Waals surface area contributed by atoms with Crippen molar-refractivity contribution in [3.8, 4) is 5.82 Å². The monoisotopic (exact) mass is 216 g/mol. The van der Waals surface area contributed by atoms with Crippen molar-refractivity contribution in [3.05, 3.63) is 41.9 Å². The molecule has 2 aromatic heterocycles. The molecule has 0 aliphatic rings. The lowest BCUT2D eigenvalue weighted by atomic mass is 10.2. The summed E-state index contributed by atoms with van der Waals surface area (Å²) in [5, 5.41) is 7.65. The molecule has 0 fully saturated rings. The second-order valence-electron chi connectivity index (χ2n) is 3.64. The highest BCUT2D eigenvalue weighted by Gasteiger charge is 2.07. The van der Waals surface area contributed by atoms with Gasteiger partial charge >= 0.3 is 0 Å². The molecule has 4 heteroatoms. The van der Waals surface area contributed by atoms with Crippen LogP contribution in [0.25, 0.3) is 5.82 Å². The van der Waals surface area contributed by atoms with Crippen LogP contribution in [0.3, 0.4) is 0 Å². The summed E-state index contributed by atoms with van der Waals surface area (Å²) >= 11 is 0. The maximum atomic E-state index is 4.35. The molecule has 0 amide bonds. The third-order valence-corrected chi connectivity index (χ3v) is 2.54. The smallest absolute Gasteiger partial charge is 0.153 e. The molecule has 0 aliphatic carbocycles. The highest BCUT2D eigenvalue weighted by atomic mass is 15.3. The lowest BCUT2D eigenvalue weighted by molar-refractivity contribution is 0.721. The van der Waals surface area contributed by atoms with E-state index in [-0.39, 0.29) is 0 Å². The van der Waals surface area contributed by atoms with Crippen molar-refractivity contribution >= 4 is 0 Å². The van der Waals surface area contributed by atoms with Crippen molar-refractivity contribution in [2.24, 2.45) is 0 Å². The van der Waals surface area contributed by atoms with Crippen LogP contribution in [-0.2, 0) is 6.54 Å². The molecule has 1 N–H and O–H groups in total. The van der Waals surface area contributed by atoms with E-state index >= 15 is 0 Å². The van der Waals surface area contributed by atoms with Crippen LogP contribution in [0.4, 0.5) is 0 Å². The van der Waals surface area contributed by atoms with E-state index in [1.54, 1.807) is 6.20 Å². The normalized spacial score (nSPS) is 10.6. The minimum atomic E-state index is 0.856. The molecule has 2 aromatic rings. The molecule has 0 aliphatic heterocycles. The van der Waals surface area contributed by atoms with Crippen molar-refractivity contribution in [3.63, 3.8) is 0 Å². The van der Waals surface area contributed by atoms with Gasteiger partial charge in [0.05, 0.1) is 6.20 Å². The fraction of sp³-hybridized carbons (Fsp3) is 0.333. The number of hydrogen-bond donors (Lipinski definition) is 1. The SMILES string of the molecule is CCNCc1cnn(-c2ccccn2)c1C. The average Bonchev–Trinajstić information content (AvgIpc) is 2.69. The zero-order valence-electron chi connectivity index (χ0n) is 9.64. The molecule has 2 heterocycles. The van der Waals surface area contributed by atoms with E-state index in [9.17, 15) is 0 Å². The summed E-state index contributed by atoms with van der Waals surface area (Å²) in [6.07, 6.45) is 3.67. The second-order valence-corrected chi connectivity index (χ2v) is 3.64. The number of pyridine rings is 1. The first-order valence-electron chi connectivity index (χ1n) is 5.48. The van der Waals surface area contributed by atoms with Gasteiger partial charge in [0.15, 0.2) is 5.82 Å². The van der Waals surface area contributed by atoms with Crippen molar-refractivity contribution < 1.29 is 0 Å². The Hall–Kier alpha value is -1.68. The first kappa shape index (κ1) is 10.8. The summed E-state index contributed by atoms with van der Waals surface area (Å²) in [5.74, 6) is 0.864. The Morgan fingerprint density at radius 1 is 1.38 bits per heavy atom. The Morgan fingerprint density at radius 2 is 2.25 bits per heavy atom. The topological polar surface area (TPSA) is 42.7 Å². The molecule has 0 saturated carbocycles. The van der Waals surface area contributed by atoms with Crippen LogP contribution in [0.5, 0.6) is 0 Å². The molecular formula is C12H16N4. The van der Waals surface area contributed by atoms with Crippen molar-refractivity contribution in [2.45, 2.75) is 20.4 Å². The molecule has 0 radical (unpaired) electrons. The van der Waals surface area contributed by atoms with E-state index in [0.717, 1.165) is 24.6 Å². The lowest BCUT2D eigenvalue weighted by Gasteiger charge is -2.04.